The molecule has 0 saturated heterocycles. The van der Waals surface area contributed by atoms with Gasteiger partial charge in [-0.25, -0.2) is 0 Å². The third-order valence-electron chi connectivity index (χ3n) is 3.82. The minimum Gasteiger partial charge on any atom is -0.487 e. The molecule has 118 valence electrons. The lowest BCUT2D eigenvalue weighted by molar-refractivity contribution is 0.210. The SMILES string of the molecule is CO/N=C(\COc1ccc(CO)cc1)C1=Cc2ccccc2C1. The average Bonchev–Trinajstić information content (AvgIpc) is 3.03. The van der Waals surface area contributed by atoms with Crippen LogP contribution in [0.5, 0.6) is 5.75 Å². The molecule has 1 aliphatic carbocycles. The molecule has 4 heteroatoms. The van der Waals surface area contributed by atoms with Crippen molar-refractivity contribution in [1.29, 1.82) is 0 Å². The van der Waals surface area contributed by atoms with E-state index in [1.54, 1.807) is 7.11 Å². The summed E-state index contributed by atoms with van der Waals surface area (Å²) in [5.74, 6) is 0.738. The highest BCUT2D eigenvalue weighted by Crippen LogP contribution is 2.26. The highest BCUT2D eigenvalue weighted by Gasteiger charge is 2.17. The molecule has 0 radical (unpaired) electrons. The van der Waals surface area contributed by atoms with Gasteiger partial charge in [-0.2, -0.15) is 0 Å². The van der Waals surface area contributed by atoms with Crippen LogP contribution >= 0.6 is 0 Å². The molecular formula is C19H19NO3. The van der Waals surface area contributed by atoms with Crippen molar-refractivity contribution in [3.63, 3.8) is 0 Å². The smallest absolute Gasteiger partial charge is 0.134 e. The first-order valence-corrected chi connectivity index (χ1v) is 7.51. The number of hydrogen-bond acceptors (Lipinski definition) is 4. The summed E-state index contributed by atoms with van der Waals surface area (Å²) in [5, 5.41) is 13.2. The van der Waals surface area contributed by atoms with Gasteiger partial charge in [0.05, 0.1) is 6.61 Å². The van der Waals surface area contributed by atoms with Gasteiger partial charge in [0.25, 0.3) is 0 Å². The number of aliphatic hydroxyl groups excluding tert-OH is 1. The quantitative estimate of drug-likeness (QED) is 0.658. The lowest BCUT2D eigenvalue weighted by Gasteiger charge is -2.10. The molecule has 0 saturated carbocycles. The van der Waals surface area contributed by atoms with Crippen LogP contribution < -0.4 is 4.74 Å². The van der Waals surface area contributed by atoms with Crippen molar-refractivity contribution in [3.8, 4) is 5.75 Å². The monoisotopic (exact) mass is 309 g/mol. The fourth-order valence-corrected chi connectivity index (χ4v) is 2.60. The van der Waals surface area contributed by atoms with Crippen LogP contribution in [0.2, 0.25) is 0 Å². The second kappa shape index (κ2) is 7.11. The van der Waals surface area contributed by atoms with Gasteiger partial charge in [0.1, 0.15) is 25.2 Å². The summed E-state index contributed by atoms with van der Waals surface area (Å²) in [6.45, 7) is 0.369. The molecule has 2 aromatic carbocycles. The minimum absolute atomic E-state index is 0.0296. The summed E-state index contributed by atoms with van der Waals surface area (Å²) in [5.41, 5.74) is 5.27. The number of ether oxygens (including phenoxy) is 1. The molecule has 0 unspecified atom stereocenters. The topological polar surface area (TPSA) is 51.0 Å². The molecule has 0 bridgehead atoms. The molecule has 23 heavy (non-hydrogen) atoms. The zero-order valence-corrected chi connectivity index (χ0v) is 13.0. The molecule has 0 atom stereocenters. The first-order chi connectivity index (χ1) is 11.3. The summed E-state index contributed by atoms with van der Waals surface area (Å²) in [7, 11) is 1.54. The van der Waals surface area contributed by atoms with Crippen molar-refractivity contribution < 1.29 is 14.7 Å². The van der Waals surface area contributed by atoms with Gasteiger partial charge in [0, 0.05) is 6.42 Å². The number of oxime groups is 1. The van der Waals surface area contributed by atoms with Crippen LogP contribution in [-0.4, -0.2) is 24.5 Å². The van der Waals surface area contributed by atoms with Gasteiger partial charge < -0.3 is 14.7 Å². The highest BCUT2D eigenvalue weighted by molar-refractivity contribution is 6.06. The van der Waals surface area contributed by atoms with Crippen LogP contribution in [0.3, 0.4) is 0 Å². The lowest BCUT2D eigenvalue weighted by Crippen LogP contribution is -2.15. The van der Waals surface area contributed by atoms with Crippen molar-refractivity contribution in [2.45, 2.75) is 13.0 Å². The number of fused-ring (bicyclic) bond motifs is 1. The molecule has 0 heterocycles. The first kappa shape index (κ1) is 15.3. The number of benzene rings is 2. The van der Waals surface area contributed by atoms with Crippen LogP contribution in [0.15, 0.2) is 59.3 Å². The van der Waals surface area contributed by atoms with Crippen molar-refractivity contribution in [1.82, 2.24) is 0 Å². The molecule has 1 N–H and O–H groups in total. The van der Waals surface area contributed by atoms with Crippen LogP contribution in [0.4, 0.5) is 0 Å². The van der Waals surface area contributed by atoms with E-state index in [2.05, 4.69) is 23.4 Å². The largest absolute Gasteiger partial charge is 0.487 e. The molecule has 2 aromatic rings. The number of hydrogen-bond donors (Lipinski definition) is 1. The molecule has 0 aliphatic heterocycles. The third kappa shape index (κ3) is 3.60. The zero-order chi connectivity index (χ0) is 16.1. The Morgan fingerprint density at radius 1 is 1.13 bits per heavy atom. The molecular weight excluding hydrogens is 290 g/mol. The van der Waals surface area contributed by atoms with Gasteiger partial charge in [0.2, 0.25) is 0 Å². The van der Waals surface area contributed by atoms with Crippen LogP contribution in [0.1, 0.15) is 16.7 Å². The van der Waals surface area contributed by atoms with E-state index < -0.39 is 0 Å². The molecule has 0 fully saturated rings. The van der Waals surface area contributed by atoms with Crippen molar-refractivity contribution in [3.05, 3.63) is 70.8 Å². The predicted molar refractivity (Wildman–Crippen MR) is 90.4 cm³/mol. The van der Waals surface area contributed by atoms with E-state index in [4.69, 9.17) is 14.7 Å². The summed E-state index contributed by atoms with van der Waals surface area (Å²) < 4.78 is 5.80. The van der Waals surface area contributed by atoms with E-state index in [0.717, 1.165) is 29.0 Å². The van der Waals surface area contributed by atoms with Crippen molar-refractivity contribution in [2.75, 3.05) is 13.7 Å². The normalized spacial score (nSPS) is 13.5. The van der Waals surface area contributed by atoms with Crippen LogP contribution in [0.25, 0.3) is 6.08 Å². The Bertz CT molecular complexity index is 733. The third-order valence-corrected chi connectivity index (χ3v) is 3.82. The van der Waals surface area contributed by atoms with Crippen molar-refractivity contribution in [2.24, 2.45) is 5.16 Å². The van der Waals surface area contributed by atoms with Crippen LogP contribution in [-0.2, 0) is 17.9 Å². The van der Waals surface area contributed by atoms with Gasteiger partial charge in [0.15, 0.2) is 0 Å². The molecule has 4 nitrogen and oxygen atoms in total. The fraction of sp³-hybridized carbons (Fsp3) is 0.211. The van der Waals surface area contributed by atoms with E-state index in [1.165, 1.54) is 11.1 Å². The Labute approximate surface area is 135 Å². The van der Waals surface area contributed by atoms with E-state index in [1.807, 2.05) is 36.4 Å². The molecule has 0 aromatic heterocycles. The maximum absolute atomic E-state index is 9.06. The Hall–Kier alpha value is -2.59. The number of nitrogens with zero attached hydrogens (tertiary/aromatic N) is 1. The average molecular weight is 309 g/mol. The van der Waals surface area contributed by atoms with Gasteiger partial charge >= 0.3 is 0 Å². The molecule has 3 rings (SSSR count). The first-order valence-electron chi connectivity index (χ1n) is 7.51. The summed E-state index contributed by atoms with van der Waals surface area (Å²) in [4.78, 5) is 4.97. The van der Waals surface area contributed by atoms with Gasteiger partial charge in [-0.3, -0.25) is 0 Å². The zero-order valence-electron chi connectivity index (χ0n) is 13.0. The summed E-state index contributed by atoms with van der Waals surface area (Å²) in [6.07, 6.45) is 2.97. The Kier molecular flexibility index (Phi) is 4.74. The highest BCUT2D eigenvalue weighted by atomic mass is 16.6. The molecule has 1 aliphatic rings. The fourth-order valence-electron chi connectivity index (χ4n) is 2.60. The Balaban J connectivity index is 1.70. The number of aliphatic hydroxyl groups is 1. The predicted octanol–water partition coefficient (Wildman–Crippen LogP) is 3.20. The Morgan fingerprint density at radius 2 is 1.91 bits per heavy atom. The molecule has 0 amide bonds. The maximum Gasteiger partial charge on any atom is 0.134 e. The second-order valence-electron chi connectivity index (χ2n) is 5.36. The number of rotatable bonds is 6. The minimum atomic E-state index is 0.0296. The van der Waals surface area contributed by atoms with E-state index in [9.17, 15) is 0 Å². The summed E-state index contributed by atoms with van der Waals surface area (Å²) >= 11 is 0. The van der Waals surface area contributed by atoms with Gasteiger partial charge in [-0.15, -0.1) is 0 Å². The standard InChI is InChI=1S/C19H19NO3/c1-22-20-19(13-23-18-8-6-14(12-21)7-9-18)17-10-15-4-2-3-5-16(15)11-17/h2-10,21H,11-13H2,1H3/b20-19+. The lowest BCUT2D eigenvalue weighted by atomic mass is 10.1. The second-order valence-corrected chi connectivity index (χ2v) is 5.36. The van der Waals surface area contributed by atoms with Crippen molar-refractivity contribution >= 4 is 11.8 Å². The summed E-state index contributed by atoms with van der Waals surface area (Å²) in [6, 6.07) is 15.7. The van der Waals surface area contributed by atoms with Gasteiger partial charge in [-0.1, -0.05) is 41.6 Å². The van der Waals surface area contributed by atoms with E-state index in [-0.39, 0.29) is 6.61 Å². The molecule has 0 spiro atoms. The maximum atomic E-state index is 9.06. The Morgan fingerprint density at radius 3 is 2.61 bits per heavy atom. The van der Waals surface area contributed by atoms with E-state index >= 15 is 0 Å². The van der Waals surface area contributed by atoms with Gasteiger partial charge in [-0.05, 0) is 40.5 Å². The van der Waals surface area contributed by atoms with E-state index in [0.29, 0.717) is 6.61 Å². The van der Waals surface area contributed by atoms with Crippen LogP contribution in [0, 0.1) is 0 Å².